The van der Waals surface area contributed by atoms with E-state index < -0.39 is 0 Å². The van der Waals surface area contributed by atoms with Crippen LogP contribution in [-0.2, 0) is 0 Å². The van der Waals surface area contributed by atoms with Gasteiger partial charge in [0.15, 0.2) is 5.82 Å². The number of anilines is 3. The number of nitrogens with one attached hydrogen (secondary N) is 2. The molecule has 2 N–H and O–H groups in total. The van der Waals surface area contributed by atoms with Crippen LogP contribution in [0, 0.1) is 11.3 Å². The fourth-order valence-corrected chi connectivity index (χ4v) is 2.26. The van der Waals surface area contributed by atoms with Gasteiger partial charge in [0.25, 0.3) is 0 Å². The van der Waals surface area contributed by atoms with Gasteiger partial charge in [0.1, 0.15) is 18.1 Å². The average Bonchev–Trinajstić information content (AvgIpc) is 2.72. The van der Waals surface area contributed by atoms with Crippen LogP contribution in [0.3, 0.4) is 0 Å². The minimum absolute atomic E-state index is 0.339. The van der Waals surface area contributed by atoms with E-state index in [4.69, 9.17) is 14.7 Å². The Morgan fingerprint density at radius 1 is 1.11 bits per heavy atom. The molecule has 136 valence electrons. The van der Waals surface area contributed by atoms with E-state index in [1.165, 1.54) is 6.20 Å². The Balaban J connectivity index is 1.50. The number of benzene rings is 2. The lowest BCUT2D eigenvalue weighted by molar-refractivity contribution is 0.331. The third kappa shape index (κ3) is 5.31. The summed E-state index contributed by atoms with van der Waals surface area (Å²) in [5, 5.41) is 23.0. The molecule has 0 unspecified atom stereocenters. The van der Waals surface area contributed by atoms with Crippen LogP contribution in [0.15, 0.2) is 54.7 Å². The van der Waals surface area contributed by atoms with Crippen LogP contribution in [0.4, 0.5) is 17.5 Å². The number of nitriles is 1. The van der Waals surface area contributed by atoms with Gasteiger partial charge >= 0.3 is 0 Å². The number of aromatic nitrogens is 3. The fraction of sp³-hybridized carbons (Fsp3) is 0.158. The molecule has 0 aliphatic heterocycles. The van der Waals surface area contributed by atoms with Crippen LogP contribution in [0.5, 0.6) is 11.5 Å². The van der Waals surface area contributed by atoms with Crippen molar-refractivity contribution in [2.45, 2.75) is 0 Å². The van der Waals surface area contributed by atoms with Gasteiger partial charge < -0.3 is 20.1 Å². The molecule has 0 fully saturated rings. The first kappa shape index (κ1) is 17.9. The largest absolute Gasteiger partial charge is 0.497 e. The zero-order valence-corrected chi connectivity index (χ0v) is 14.7. The van der Waals surface area contributed by atoms with E-state index in [1.807, 2.05) is 30.3 Å². The summed E-state index contributed by atoms with van der Waals surface area (Å²) < 4.78 is 10.8. The van der Waals surface area contributed by atoms with Crippen molar-refractivity contribution in [3.8, 4) is 17.6 Å². The van der Waals surface area contributed by atoms with Crippen LogP contribution in [-0.4, -0.2) is 35.4 Å². The van der Waals surface area contributed by atoms with E-state index in [1.54, 1.807) is 25.3 Å². The summed E-state index contributed by atoms with van der Waals surface area (Å²) in [6, 6.07) is 16.5. The summed E-state index contributed by atoms with van der Waals surface area (Å²) >= 11 is 0. The summed E-state index contributed by atoms with van der Waals surface area (Å²) in [6.07, 6.45) is 1.53. The molecule has 0 atom stereocenters. The first-order chi connectivity index (χ1) is 13.3. The summed E-state index contributed by atoms with van der Waals surface area (Å²) in [5.41, 5.74) is 1.27. The van der Waals surface area contributed by atoms with E-state index in [9.17, 15) is 0 Å². The van der Waals surface area contributed by atoms with Gasteiger partial charge in [0.2, 0.25) is 5.95 Å². The second kappa shape index (κ2) is 9.01. The molecular formula is C19H18N6O2. The molecule has 0 radical (unpaired) electrons. The molecule has 2 aromatic carbocycles. The van der Waals surface area contributed by atoms with Gasteiger partial charge in [0, 0.05) is 5.69 Å². The normalized spacial score (nSPS) is 9.93. The summed E-state index contributed by atoms with van der Waals surface area (Å²) in [7, 11) is 1.62. The van der Waals surface area contributed by atoms with Crippen LogP contribution in [0.2, 0.25) is 0 Å². The number of hydrogen-bond acceptors (Lipinski definition) is 8. The molecule has 3 aromatic rings. The molecule has 8 nitrogen and oxygen atoms in total. The van der Waals surface area contributed by atoms with Crippen molar-refractivity contribution < 1.29 is 9.47 Å². The highest BCUT2D eigenvalue weighted by molar-refractivity contribution is 5.56. The van der Waals surface area contributed by atoms with E-state index in [0.717, 1.165) is 17.2 Å². The third-order valence-electron chi connectivity index (χ3n) is 3.54. The van der Waals surface area contributed by atoms with Crippen molar-refractivity contribution in [3.05, 3.63) is 60.3 Å². The van der Waals surface area contributed by atoms with Gasteiger partial charge in [-0.25, -0.2) is 0 Å². The minimum atomic E-state index is 0.339. The maximum atomic E-state index is 8.95. The molecule has 0 aliphatic carbocycles. The first-order valence-electron chi connectivity index (χ1n) is 8.24. The maximum absolute atomic E-state index is 8.95. The van der Waals surface area contributed by atoms with Crippen molar-refractivity contribution in [2.75, 3.05) is 30.9 Å². The number of nitrogens with zero attached hydrogens (tertiary/aromatic N) is 4. The zero-order chi connectivity index (χ0) is 18.9. The molecule has 1 heterocycles. The van der Waals surface area contributed by atoms with E-state index in [-0.39, 0.29) is 0 Å². The molecule has 0 saturated heterocycles. The Labute approximate surface area is 156 Å². The maximum Gasteiger partial charge on any atom is 0.249 e. The van der Waals surface area contributed by atoms with E-state index in [0.29, 0.717) is 30.5 Å². The van der Waals surface area contributed by atoms with Crippen molar-refractivity contribution in [3.63, 3.8) is 0 Å². The number of hydrogen-bond donors (Lipinski definition) is 2. The standard InChI is InChI=1S/C19H18N6O2/c1-26-16-5-7-17(8-6-16)27-10-9-21-18-13-22-25-19(24-18)23-15-4-2-3-14(11-15)12-20/h2-8,11,13H,9-10H2,1H3,(H2,21,23,24,25). The molecule has 3 rings (SSSR count). The predicted molar refractivity (Wildman–Crippen MR) is 101 cm³/mol. The van der Waals surface area contributed by atoms with E-state index in [2.05, 4.69) is 31.9 Å². The lowest BCUT2D eigenvalue weighted by Crippen LogP contribution is -2.13. The molecule has 0 spiro atoms. The quantitative estimate of drug-likeness (QED) is 0.589. The second-order valence-corrected chi connectivity index (χ2v) is 5.43. The van der Waals surface area contributed by atoms with Crippen LogP contribution in [0.25, 0.3) is 0 Å². The topological polar surface area (TPSA) is 105 Å². The highest BCUT2D eigenvalue weighted by atomic mass is 16.5. The Morgan fingerprint density at radius 3 is 2.70 bits per heavy atom. The highest BCUT2D eigenvalue weighted by Gasteiger charge is 2.02. The molecule has 0 bridgehead atoms. The molecule has 27 heavy (non-hydrogen) atoms. The summed E-state index contributed by atoms with van der Waals surface area (Å²) in [5.74, 6) is 2.46. The second-order valence-electron chi connectivity index (χ2n) is 5.43. The zero-order valence-electron chi connectivity index (χ0n) is 14.7. The predicted octanol–water partition coefficient (Wildman–Crippen LogP) is 2.99. The molecule has 8 heteroatoms. The Kier molecular flexibility index (Phi) is 5.99. The van der Waals surface area contributed by atoms with Crippen LogP contribution >= 0.6 is 0 Å². The monoisotopic (exact) mass is 362 g/mol. The Morgan fingerprint density at radius 2 is 1.93 bits per heavy atom. The van der Waals surface area contributed by atoms with Gasteiger partial charge in [-0.2, -0.15) is 15.3 Å². The third-order valence-corrected chi connectivity index (χ3v) is 3.54. The smallest absolute Gasteiger partial charge is 0.249 e. The van der Waals surface area contributed by atoms with Crippen molar-refractivity contribution in [2.24, 2.45) is 0 Å². The molecule has 1 aromatic heterocycles. The molecule has 0 amide bonds. The number of methoxy groups -OCH3 is 1. The molecule has 0 saturated carbocycles. The van der Waals surface area contributed by atoms with Gasteiger partial charge in [-0.05, 0) is 42.5 Å². The van der Waals surface area contributed by atoms with Gasteiger partial charge in [0.05, 0.1) is 31.5 Å². The summed E-state index contributed by atoms with van der Waals surface area (Å²) in [6.45, 7) is 1.01. The number of ether oxygens (including phenoxy) is 2. The van der Waals surface area contributed by atoms with Crippen LogP contribution < -0.4 is 20.1 Å². The molecule has 0 aliphatic rings. The Bertz CT molecular complexity index is 924. The number of rotatable bonds is 8. The Hall–Kier alpha value is -3.86. The van der Waals surface area contributed by atoms with Crippen molar-refractivity contribution in [1.82, 2.24) is 15.2 Å². The average molecular weight is 362 g/mol. The van der Waals surface area contributed by atoms with Crippen molar-refractivity contribution in [1.29, 1.82) is 5.26 Å². The fourth-order valence-electron chi connectivity index (χ4n) is 2.26. The summed E-state index contributed by atoms with van der Waals surface area (Å²) in [4.78, 5) is 4.34. The van der Waals surface area contributed by atoms with Crippen LogP contribution in [0.1, 0.15) is 5.56 Å². The highest BCUT2D eigenvalue weighted by Crippen LogP contribution is 2.17. The van der Waals surface area contributed by atoms with Gasteiger partial charge in [-0.3, -0.25) is 0 Å². The van der Waals surface area contributed by atoms with Gasteiger partial charge in [-0.1, -0.05) is 6.07 Å². The lowest BCUT2D eigenvalue weighted by Gasteiger charge is -2.09. The van der Waals surface area contributed by atoms with E-state index >= 15 is 0 Å². The first-order valence-corrected chi connectivity index (χ1v) is 8.24. The lowest BCUT2D eigenvalue weighted by atomic mass is 10.2. The van der Waals surface area contributed by atoms with Gasteiger partial charge in [-0.15, -0.1) is 5.10 Å². The SMILES string of the molecule is COc1ccc(OCCNc2cnnc(Nc3cccc(C#N)c3)n2)cc1. The minimum Gasteiger partial charge on any atom is -0.497 e. The molecular weight excluding hydrogens is 344 g/mol. The van der Waals surface area contributed by atoms with Crippen molar-refractivity contribution >= 4 is 17.5 Å².